The predicted octanol–water partition coefficient (Wildman–Crippen LogP) is 0.832. The highest BCUT2D eigenvalue weighted by Gasteiger charge is 2.25. The van der Waals surface area contributed by atoms with Gasteiger partial charge in [0.05, 0.1) is 13.0 Å². The molecule has 1 aliphatic heterocycles. The first kappa shape index (κ1) is 12.4. The molecule has 0 bridgehead atoms. The molecule has 94 valence electrons. The van der Waals surface area contributed by atoms with E-state index in [-0.39, 0.29) is 31.4 Å². The van der Waals surface area contributed by atoms with Gasteiger partial charge >= 0.3 is 0 Å². The summed E-state index contributed by atoms with van der Waals surface area (Å²) in [5.74, 6) is -0.602. The van der Waals surface area contributed by atoms with Crippen molar-refractivity contribution in [2.45, 2.75) is 12.5 Å². The van der Waals surface area contributed by atoms with Crippen LogP contribution in [0.25, 0.3) is 0 Å². The van der Waals surface area contributed by atoms with E-state index < -0.39 is 6.04 Å². The average molecular weight is 247 g/mol. The molecule has 1 unspecified atom stereocenters. The molecule has 0 fully saturated rings. The second-order valence-corrected chi connectivity index (χ2v) is 3.90. The van der Waals surface area contributed by atoms with Crippen LogP contribution in [0.3, 0.4) is 0 Å². The number of carbonyl (C=O) groups is 2. The Morgan fingerprint density at radius 3 is 2.94 bits per heavy atom. The molecular weight excluding hydrogens is 234 g/mol. The number of aliphatic hydroxyl groups excluding tert-OH is 1. The first-order valence-corrected chi connectivity index (χ1v) is 5.64. The Morgan fingerprint density at radius 1 is 1.39 bits per heavy atom. The number of carbonyl (C=O) groups excluding carboxylic acids is 2. The van der Waals surface area contributed by atoms with Gasteiger partial charge in [-0.05, 0) is 11.6 Å². The lowest BCUT2D eigenvalue weighted by atomic mass is 9.97. The van der Waals surface area contributed by atoms with Gasteiger partial charge in [-0.15, -0.1) is 5.11 Å². The summed E-state index contributed by atoms with van der Waals surface area (Å²) in [7, 11) is 0. The lowest BCUT2D eigenvalue weighted by Gasteiger charge is -2.17. The Balaban J connectivity index is 2.13. The predicted molar refractivity (Wildman–Crippen MR) is 63.1 cm³/mol. The van der Waals surface area contributed by atoms with E-state index in [1.807, 2.05) is 0 Å². The second kappa shape index (κ2) is 5.50. The van der Waals surface area contributed by atoms with E-state index in [4.69, 9.17) is 5.11 Å². The van der Waals surface area contributed by atoms with Crippen molar-refractivity contribution in [2.75, 3.05) is 13.2 Å². The maximum atomic E-state index is 11.6. The average Bonchev–Trinajstić information content (AvgIpc) is 2.40. The number of benzene rings is 1. The zero-order valence-corrected chi connectivity index (χ0v) is 9.67. The van der Waals surface area contributed by atoms with Gasteiger partial charge in [-0.1, -0.05) is 18.2 Å². The van der Waals surface area contributed by atoms with E-state index in [1.165, 1.54) is 0 Å². The number of hydrogen-bond acceptors (Lipinski definition) is 4. The minimum atomic E-state index is -0.433. The molecule has 1 heterocycles. The third-order valence-electron chi connectivity index (χ3n) is 2.65. The largest absolute Gasteiger partial charge is 0.395 e. The Kier molecular flexibility index (Phi) is 3.78. The molecule has 6 nitrogen and oxygen atoms in total. The van der Waals surface area contributed by atoms with Crippen LogP contribution in [0.2, 0.25) is 0 Å². The molecule has 0 spiro atoms. The van der Waals surface area contributed by atoms with E-state index in [0.717, 1.165) is 5.56 Å². The van der Waals surface area contributed by atoms with E-state index >= 15 is 0 Å². The summed E-state index contributed by atoms with van der Waals surface area (Å²) in [6.07, 6.45) is 0.119. The molecular formula is C12H13N3O3. The molecule has 0 saturated carbocycles. The Bertz CT molecular complexity index is 499. The van der Waals surface area contributed by atoms with Crippen molar-refractivity contribution < 1.29 is 14.7 Å². The maximum Gasteiger partial charge on any atom is 0.295 e. The summed E-state index contributed by atoms with van der Waals surface area (Å²) in [5, 5.41) is 18.6. The SMILES string of the molecule is O=C(CC1N=NC(=O)c2ccccc21)NCCO. The van der Waals surface area contributed by atoms with Gasteiger partial charge in [0, 0.05) is 12.1 Å². The van der Waals surface area contributed by atoms with Crippen molar-refractivity contribution in [3.63, 3.8) is 0 Å². The first-order chi connectivity index (χ1) is 8.72. The molecule has 0 saturated heterocycles. The van der Waals surface area contributed by atoms with Crippen LogP contribution in [-0.2, 0) is 4.79 Å². The summed E-state index contributed by atoms with van der Waals surface area (Å²) < 4.78 is 0. The molecule has 0 aliphatic carbocycles. The second-order valence-electron chi connectivity index (χ2n) is 3.90. The van der Waals surface area contributed by atoms with E-state index in [9.17, 15) is 9.59 Å². The zero-order chi connectivity index (χ0) is 13.0. The fourth-order valence-electron chi connectivity index (χ4n) is 1.81. The normalized spacial score (nSPS) is 17.4. The lowest BCUT2D eigenvalue weighted by Crippen LogP contribution is -2.28. The Morgan fingerprint density at radius 2 is 2.17 bits per heavy atom. The lowest BCUT2D eigenvalue weighted by molar-refractivity contribution is -0.121. The number of nitrogens with one attached hydrogen (secondary N) is 1. The molecule has 2 amide bonds. The van der Waals surface area contributed by atoms with Gasteiger partial charge in [0.1, 0.15) is 6.04 Å². The van der Waals surface area contributed by atoms with Gasteiger partial charge in [0.15, 0.2) is 0 Å². The number of nitrogens with zero attached hydrogens (tertiary/aromatic N) is 2. The number of fused-ring (bicyclic) bond motifs is 1. The van der Waals surface area contributed by atoms with Crippen molar-refractivity contribution in [1.29, 1.82) is 0 Å². The molecule has 6 heteroatoms. The van der Waals surface area contributed by atoms with Crippen molar-refractivity contribution in [3.05, 3.63) is 35.4 Å². The van der Waals surface area contributed by atoms with Crippen LogP contribution < -0.4 is 5.32 Å². The molecule has 18 heavy (non-hydrogen) atoms. The fraction of sp³-hybridized carbons (Fsp3) is 0.333. The van der Waals surface area contributed by atoms with E-state index in [0.29, 0.717) is 5.56 Å². The number of hydrogen-bond donors (Lipinski definition) is 2. The summed E-state index contributed by atoms with van der Waals surface area (Å²) >= 11 is 0. The van der Waals surface area contributed by atoms with Gasteiger partial charge in [0.2, 0.25) is 5.91 Å². The highest BCUT2D eigenvalue weighted by atomic mass is 16.3. The number of rotatable bonds is 4. The van der Waals surface area contributed by atoms with Crippen LogP contribution >= 0.6 is 0 Å². The smallest absolute Gasteiger partial charge is 0.295 e. The van der Waals surface area contributed by atoms with E-state index in [1.54, 1.807) is 24.3 Å². The number of azo groups is 1. The molecule has 1 atom stereocenters. The molecule has 0 aromatic heterocycles. The van der Waals surface area contributed by atoms with Crippen molar-refractivity contribution in [1.82, 2.24) is 5.32 Å². The van der Waals surface area contributed by atoms with Gasteiger partial charge in [-0.3, -0.25) is 9.59 Å². The first-order valence-electron chi connectivity index (χ1n) is 5.64. The van der Waals surface area contributed by atoms with Gasteiger partial charge < -0.3 is 10.4 Å². The fourth-order valence-corrected chi connectivity index (χ4v) is 1.81. The number of amides is 2. The maximum absolute atomic E-state index is 11.6. The summed E-state index contributed by atoms with van der Waals surface area (Å²) in [6.45, 7) is 0.107. The van der Waals surface area contributed by atoms with Crippen LogP contribution in [0, 0.1) is 0 Å². The Labute approximate surface area is 104 Å². The van der Waals surface area contributed by atoms with E-state index in [2.05, 4.69) is 15.5 Å². The molecule has 2 N–H and O–H groups in total. The third kappa shape index (κ3) is 2.60. The summed E-state index contributed by atoms with van der Waals surface area (Å²) in [4.78, 5) is 23.0. The van der Waals surface area contributed by atoms with Crippen LogP contribution in [0.1, 0.15) is 28.4 Å². The third-order valence-corrected chi connectivity index (χ3v) is 2.65. The van der Waals surface area contributed by atoms with Crippen LogP contribution in [0.15, 0.2) is 34.5 Å². The Hall–Kier alpha value is -2.08. The monoisotopic (exact) mass is 247 g/mol. The standard InChI is InChI=1S/C12H13N3O3/c16-6-5-13-11(17)7-10-8-3-1-2-4-9(8)12(18)15-14-10/h1-4,10,16H,5-7H2,(H,13,17). The van der Waals surface area contributed by atoms with Gasteiger partial charge in [0.25, 0.3) is 5.91 Å². The minimum Gasteiger partial charge on any atom is -0.395 e. The molecule has 1 aromatic rings. The number of aliphatic hydroxyl groups is 1. The van der Waals surface area contributed by atoms with Crippen molar-refractivity contribution in [2.24, 2.45) is 10.2 Å². The molecule has 2 rings (SSSR count). The van der Waals surface area contributed by atoms with Crippen LogP contribution in [0.5, 0.6) is 0 Å². The molecule has 1 aliphatic rings. The van der Waals surface area contributed by atoms with Gasteiger partial charge in [-0.25, -0.2) is 0 Å². The topological polar surface area (TPSA) is 91.1 Å². The summed E-state index contributed by atoms with van der Waals surface area (Å²) in [5.41, 5.74) is 1.21. The quantitative estimate of drug-likeness (QED) is 0.825. The highest BCUT2D eigenvalue weighted by molar-refractivity contribution is 5.97. The van der Waals surface area contributed by atoms with Crippen molar-refractivity contribution >= 4 is 11.8 Å². The summed E-state index contributed by atoms with van der Waals surface area (Å²) in [6, 6.07) is 6.56. The van der Waals surface area contributed by atoms with Crippen molar-refractivity contribution in [3.8, 4) is 0 Å². The molecule has 0 radical (unpaired) electrons. The van der Waals surface area contributed by atoms with Gasteiger partial charge in [-0.2, -0.15) is 5.11 Å². The van der Waals surface area contributed by atoms with Crippen LogP contribution in [-0.4, -0.2) is 30.1 Å². The van der Waals surface area contributed by atoms with Crippen LogP contribution in [0.4, 0.5) is 0 Å². The highest BCUT2D eigenvalue weighted by Crippen LogP contribution is 2.29. The minimum absolute atomic E-state index is 0.104. The zero-order valence-electron chi connectivity index (χ0n) is 9.67. The molecule has 1 aromatic carbocycles.